The van der Waals surface area contributed by atoms with Gasteiger partial charge in [-0.15, -0.1) is 5.11 Å². The lowest BCUT2D eigenvalue weighted by Gasteiger charge is -2.18. The predicted molar refractivity (Wildman–Crippen MR) is 36.4 cm³/mol. The number of aliphatic carboxylic acids is 1. The first-order valence-corrected chi connectivity index (χ1v) is 3.18. The summed E-state index contributed by atoms with van der Waals surface area (Å²) in [6.07, 6.45) is -0.0686. The largest absolute Gasteiger partial charge is 0.481 e. The van der Waals surface area contributed by atoms with Gasteiger partial charge in [0.2, 0.25) is 0 Å². The maximum Gasteiger partial charge on any atom is 0.307 e. The summed E-state index contributed by atoms with van der Waals surface area (Å²) in [5.41, 5.74) is 2.00. The van der Waals surface area contributed by atoms with E-state index >= 15 is 0 Å². The van der Waals surface area contributed by atoms with Gasteiger partial charge < -0.3 is 5.11 Å². The molecule has 1 atom stereocenters. The van der Waals surface area contributed by atoms with Crippen LogP contribution in [-0.2, 0) is 4.79 Å². The molecule has 0 bridgehead atoms. The summed E-state index contributed by atoms with van der Waals surface area (Å²) in [4.78, 5) is 10.3. The lowest BCUT2D eigenvalue weighted by Crippen LogP contribution is -2.43. The normalized spacial score (nSPS) is 29.5. The Morgan fingerprint density at radius 3 is 2.82 bits per heavy atom. The van der Waals surface area contributed by atoms with Crippen LogP contribution in [0.25, 0.3) is 0 Å². The van der Waals surface area contributed by atoms with E-state index in [1.165, 1.54) is 5.12 Å². The van der Waals surface area contributed by atoms with Gasteiger partial charge in [-0.3, -0.25) is 4.79 Å². The van der Waals surface area contributed by atoms with E-state index in [1.54, 1.807) is 14.0 Å². The van der Waals surface area contributed by atoms with Crippen LogP contribution in [0.4, 0.5) is 0 Å². The second-order valence-electron chi connectivity index (χ2n) is 2.67. The number of carboxylic acids is 1. The minimum Gasteiger partial charge on any atom is -0.481 e. The first-order valence-electron chi connectivity index (χ1n) is 3.18. The molecule has 0 aromatic rings. The Balaban J connectivity index is 2.56. The Labute approximate surface area is 63.8 Å². The quantitative estimate of drug-likeness (QED) is 0.592. The van der Waals surface area contributed by atoms with Crippen LogP contribution < -0.4 is 5.43 Å². The van der Waals surface area contributed by atoms with Gasteiger partial charge in [-0.05, 0) is 6.92 Å². The second-order valence-corrected chi connectivity index (χ2v) is 2.67. The van der Waals surface area contributed by atoms with Crippen molar-refractivity contribution >= 4 is 5.97 Å². The second kappa shape index (κ2) is 2.46. The van der Waals surface area contributed by atoms with Crippen LogP contribution in [0, 0.1) is 0 Å². The third-order valence-corrected chi connectivity index (χ3v) is 1.30. The fourth-order valence-corrected chi connectivity index (χ4v) is 0.928. The van der Waals surface area contributed by atoms with E-state index in [-0.39, 0.29) is 6.42 Å². The molecule has 0 aromatic carbocycles. The Bertz CT molecular complexity index is 205. The molecule has 0 aliphatic carbocycles. The first-order chi connectivity index (χ1) is 5.02. The first kappa shape index (κ1) is 7.93. The summed E-state index contributed by atoms with van der Waals surface area (Å²) < 4.78 is 0. The van der Waals surface area contributed by atoms with Crippen molar-refractivity contribution in [3.8, 4) is 0 Å². The zero-order valence-electron chi connectivity index (χ0n) is 6.40. The summed E-state index contributed by atoms with van der Waals surface area (Å²) >= 11 is 0. The van der Waals surface area contributed by atoms with E-state index < -0.39 is 11.6 Å². The van der Waals surface area contributed by atoms with Crippen LogP contribution in [0.15, 0.2) is 10.3 Å². The fraction of sp³-hybridized carbons (Fsp3) is 0.800. The average molecular weight is 158 g/mol. The van der Waals surface area contributed by atoms with Gasteiger partial charge in [0.1, 0.15) is 0 Å². The number of carbonyl (C=O) groups is 1. The topological polar surface area (TPSA) is 77.3 Å². The van der Waals surface area contributed by atoms with Gasteiger partial charge >= 0.3 is 5.97 Å². The van der Waals surface area contributed by atoms with Gasteiger partial charge in [-0.1, -0.05) is 5.22 Å². The molecule has 2 N–H and O–H groups in total. The molecule has 0 spiro atoms. The Hall–Kier alpha value is -1.17. The molecule has 0 saturated carbocycles. The summed E-state index contributed by atoms with van der Waals surface area (Å²) in [5.74, 6) is -0.894. The molecule has 11 heavy (non-hydrogen) atoms. The van der Waals surface area contributed by atoms with Crippen molar-refractivity contribution in [2.24, 2.45) is 10.3 Å². The molecule has 0 aromatic heterocycles. The average Bonchev–Trinajstić information content (AvgIpc) is 2.08. The van der Waals surface area contributed by atoms with Crippen LogP contribution in [0.2, 0.25) is 0 Å². The summed E-state index contributed by atoms with van der Waals surface area (Å²) in [6, 6.07) is 0. The van der Waals surface area contributed by atoms with Crippen molar-refractivity contribution in [1.29, 1.82) is 0 Å². The van der Waals surface area contributed by atoms with Crippen LogP contribution in [0.1, 0.15) is 13.3 Å². The molecule has 1 unspecified atom stereocenters. The maximum atomic E-state index is 10.3. The molecule has 62 valence electrons. The Morgan fingerprint density at radius 1 is 1.82 bits per heavy atom. The molecule has 1 rings (SSSR count). The zero-order valence-corrected chi connectivity index (χ0v) is 6.40. The number of nitrogens with zero attached hydrogens (tertiary/aromatic N) is 3. The van der Waals surface area contributed by atoms with E-state index in [2.05, 4.69) is 15.8 Å². The number of nitrogens with one attached hydrogen (secondary N) is 1. The number of hydrogen-bond donors (Lipinski definition) is 2. The zero-order chi connectivity index (χ0) is 8.48. The number of hydrazine groups is 1. The van der Waals surface area contributed by atoms with Crippen LogP contribution in [0.3, 0.4) is 0 Å². The molecule has 6 heteroatoms. The van der Waals surface area contributed by atoms with Crippen molar-refractivity contribution in [3.63, 3.8) is 0 Å². The molecular weight excluding hydrogens is 148 g/mol. The van der Waals surface area contributed by atoms with Crippen molar-refractivity contribution < 1.29 is 9.90 Å². The van der Waals surface area contributed by atoms with E-state index in [0.717, 1.165) is 0 Å². The fourth-order valence-electron chi connectivity index (χ4n) is 0.928. The maximum absolute atomic E-state index is 10.3. The third-order valence-electron chi connectivity index (χ3n) is 1.30. The molecule has 0 saturated heterocycles. The lowest BCUT2D eigenvalue weighted by molar-refractivity contribution is -0.138. The summed E-state index contributed by atoms with van der Waals surface area (Å²) in [6.45, 7) is 1.67. The van der Waals surface area contributed by atoms with Gasteiger partial charge in [0.15, 0.2) is 5.66 Å². The molecule has 1 aliphatic rings. The molecule has 0 fully saturated rings. The van der Waals surface area contributed by atoms with E-state index in [4.69, 9.17) is 5.11 Å². The number of carboxylic acid groups (broad SMARTS) is 1. The Kier molecular flexibility index (Phi) is 1.77. The molecule has 0 amide bonds. The van der Waals surface area contributed by atoms with Crippen molar-refractivity contribution in [2.45, 2.75) is 19.0 Å². The van der Waals surface area contributed by atoms with Gasteiger partial charge in [0.25, 0.3) is 0 Å². The highest BCUT2D eigenvalue weighted by Crippen LogP contribution is 2.17. The van der Waals surface area contributed by atoms with Gasteiger partial charge in [0.05, 0.1) is 6.42 Å². The smallest absolute Gasteiger partial charge is 0.307 e. The lowest BCUT2D eigenvalue weighted by atomic mass is 10.1. The van der Waals surface area contributed by atoms with Crippen molar-refractivity contribution in [2.75, 3.05) is 7.05 Å². The molecular formula is C5H10N4O2. The minimum atomic E-state index is -0.894. The van der Waals surface area contributed by atoms with E-state index in [9.17, 15) is 4.79 Å². The molecule has 1 aliphatic heterocycles. The summed E-state index contributed by atoms with van der Waals surface area (Å²) in [7, 11) is 1.66. The van der Waals surface area contributed by atoms with Crippen LogP contribution in [-0.4, -0.2) is 28.9 Å². The van der Waals surface area contributed by atoms with Crippen LogP contribution in [0.5, 0.6) is 0 Å². The van der Waals surface area contributed by atoms with Crippen LogP contribution >= 0.6 is 0 Å². The van der Waals surface area contributed by atoms with Gasteiger partial charge in [-0.2, -0.15) is 5.43 Å². The number of hydrogen-bond acceptors (Lipinski definition) is 5. The van der Waals surface area contributed by atoms with Gasteiger partial charge in [-0.25, -0.2) is 5.12 Å². The minimum absolute atomic E-state index is 0.0686. The third kappa shape index (κ3) is 1.87. The highest BCUT2D eigenvalue weighted by Gasteiger charge is 2.32. The van der Waals surface area contributed by atoms with Crippen molar-refractivity contribution in [3.05, 3.63) is 0 Å². The van der Waals surface area contributed by atoms with Crippen molar-refractivity contribution in [1.82, 2.24) is 10.5 Å². The van der Waals surface area contributed by atoms with Gasteiger partial charge in [0, 0.05) is 7.05 Å². The van der Waals surface area contributed by atoms with E-state index in [0.29, 0.717) is 0 Å². The Morgan fingerprint density at radius 2 is 2.45 bits per heavy atom. The highest BCUT2D eigenvalue weighted by molar-refractivity contribution is 5.68. The van der Waals surface area contributed by atoms with E-state index in [1.807, 2.05) is 0 Å². The molecule has 0 radical (unpaired) electrons. The SMILES string of the molecule is CN1N=NC(C)(CC(=O)O)N1. The monoisotopic (exact) mass is 158 g/mol. The summed E-state index contributed by atoms with van der Waals surface area (Å²) in [5, 5.41) is 17.2. The standard InChI is InChI=1S/C5H10N4O2/c1-5(3-4(10)11)6-8-9(2)7-5/h7H,3H2,1-2H3,(H,10,11). The number of rotatable bonds is 2. The molecule has 6 nitrogen and oxygen atoms in total. The predicted octanol–water partition coefficient (Wildman–Crippen LogP) is -0.00550. The molecule has 1 heterocycles. The highest BCUT2D eigenvalue weighted by atomic mass is 16.4.